The van der Waals surface area contributed by atoms with Crippen molar-refractivity contribution in [2.75, 3.05) is 13.7 Å². The second-order valence-corrected chi connectivity index (χ2v) is 14.1. The molecule has 2 saturated carbocycles. The lowest BCUT2D eigenvalue weighted by Crippen LogP contribution is -2.70. The number of hydrogen-bond donors (Lipinski definition) is 1. The first-order valence-corrected chi connectivity index (χ1v) is 15.7. The van der Waals surface area contributed by atoms with Gasteiger partial charge in [0, 0.05) is 47.0 Å². The minimum atomic E-state index is -0.753. The number of aliphatic hydroxyl groups excluding tert-OH is 1. The van der Waals surface area contributed by atoms with Crippen LogP contribution in [-0.4, -0.2) is 61.3 Å². The van der Waals surface area contributed by atoms with Crippen molar-refractivity contribution < 1.29 is 38.1 Å². The number of esters is 2. The number of carbonyl (C=O) groups excluding carboxylic acids is 2. The van der Waals surface area contributed by atoms with Gasteiger partial charge in [0.2, 0.25) is 0 Å². The molecule has 4 fully saturated rings. The highest BCUT2D eigenvalue weighted by Gasteiger charge is 2.78. The van der Waals surface area contributed by atoms with E-state index in [0.717, 1.165) is 17.5 Å². The summed E-state index contributed by atoms with van der Waals surface area (Å²) < 4.78 is 30.7. The Kier molecular flexibility index (Phi) is 6.99. The van der Waals surface area contributed by atoms with Gasteiger partial charge in [0.05, 0.1) is 50.7 Å². The summed E-state index contributed by atoms with van der Waals surface area (Å²) in [5.74, 6) is -1.17. The van der Waals surface area contributed by atoms with Crippen LogP contribution in [0.1, 0.15) is 64.0 Å². The summed E-state index contributed by atoms with van der Waals surface area (Å²) in [6.45, 7) is 8.96. The quantitative estimate of drug-likeness (QED) is 0.264. The molecule has 8 heteroatoms. The van der Waals surface area contributed by atoms with E-state index in [2.05, 4.69) is 27.7 Å². The highest BCUT2D eigenvalue weighted by atomic mass is 16.6. The molecule has 5 aliphatic rings. The van der Waals surface area contributed by atoms with Gasteiger partial charge in [0.1, 0.15) is 6.10 Å². The minimum Gasteiger partial charge on any atom is -0.472 e. The maximum Gasteiger partial charge on any atom is 0.331 e. The molecule has 1 aromatic carbocycles. The summed E-state index contributed by atoms with van der Waals surface area (Å²) in [5, 5.41) is 11.6. The molecule has 2 aromatic rings. The van der Waals surface area contributed by atoms with E-state index in [9.17, 15) is 14.7 Å². The second-order valence-electron chi connectivity index (χ2n) is 14.1. The lowest BCUT2D eigenvalue weighted by atomic mass is 9.40. The van der Waals surface area contributed by atoms with Gasteiger partial charge >= 0.3 is 11.9 Å². The lowest BCUT2D eigenvalue weighted by Gasteiger charge is -2.65. The molecule has 3 heterocycles. The van der Waals surface area contributed by atoms with Crippen LogP contribution in [0.2, 0.25) is 0 Å². The van der Waals surface area contributed by atoms with Crippen LogP contribution in [0.25, 0.3) is 6.08 Å². The number of benzene rings is 1. The molecular weight excluding hydrogens is 560 g/mol. The van der Waals surface area contributed by atoms with Crippen molar-refractivity contribution in [3.63, 3.8) is 0 Å². The van der Waals surface area contributed by atoms with Gasteiger partial charge in [0.25, 0.3) is 0 Å². The number of hydrogen-bond acceptors (Lipinski definition) is 8. The van der Waals surface area contributed by atoms with Crippen LogP contribution in [0.15, 0.2) is 70.6 Å². The van der Waals surface area contributed by atoms with Gasteiger partial charge in [-0.05, 0) is 48.1 Å². The molecule has 7 rings (SSSR count). The maximum atomic E-state index is 13.4. The Morgan fingerprint density at radius 2 is 1.89 bits per heavy atom. The molecule has 0 amide bonds. The highest BCUT2D eigenvalue weighted by Crippen LogP contribution is 2.73. The van der Waals surface area contributed by atoms with Crippen LogP contribution in [0.3, 0.4) is 0 Å². The highest BCUT2D eigenvalue weighted by molar-refractivity contribution is 5.87. The fraction of sp³-hybridized carbons (Fsp3) is 0.556. The van der Waals surface area contributed by atoms with Crippen LogP contribution in [0, 0.1) is 28.1 Å². The van der Waals surface area contributed by atoms with Gasteiger partial charge in [-0.3, -0.25) is 4.79 Å². The summed E-state index contributed by atoms with van der Waals surface area (Å²) in [5.41, 5.74) is 2.51. The maximum absolute atomic E-state index is 13.4. The van der Waals surface area contributed by atoms with E-state index in [1.807, 2.05) is 36.4 Å². The molecule has 1 N–H and O–H groups in total. The van der Waals surface area contributed by atoms with Crippen molar-refractivity contribution in [3.05, 3.63) is 77.3 Å². The summed E-state index contributed by atoms with van der Waals surface area (Å²) in [7, 11) is 1.42. The molecule has 0 unspecified atom stereocenters. The molecule has 0 bridgehead atoms. The van der Waals surface area contributed by atoms with Crippen LogP contribution < -0.4 is 0 Å². The van der Waals surface area contributed by atoms with Gasteiger partial charge in [-0.25, -0.2) is 4.79 Å². The number of aliphatic hydroxyl groups is 1. The van der Waals surface area contributed by atoms with E-state index in [0.29, 0.717) is 6.61 Å². The summed E-state index contributed by atoms with van der Waals surface area (Å²) >= 11 is 0. The number of methoxy groups -OCH3 is 1. The molecule has 234 valence electrons. The third-order valence-corrected chi connectivity index (χ3v) is 12.2. The number of ether oxygens (including phenoxy) is 4. The van der Waals surface area contributed by atoms with Gasteiger partial charge in [-0.2, -0.15) is 0 Å². The van der Waals surface area contributed by atoms with Crippen LogP contribution in [0.5, 0.6) is 0 Å². The van der Waals surface area contributed by atoms with Crippen molar-refractivity contribution in [1.29, 1.82) is 0 Å². The first-order chi connectivity index (χ1) is 21.0. The predicted molar refractivity (Wildman–Crippen MR) is 161 cm³/mol. The fourth-order valence-electron chi connectivity index (χ4n) is 10.2. The zero-order valence-corrected chi connectivity index (χ0v) is 26.0. The summed E-state index contributed by atoms with van der Waals surface area (Å²) in [6.07, 6.45) is 5.64. The molecular formula is C36H42O8. The molecule has 44 heavy (non-hydrogen) atoms. The van der Waals surface area contributed by atoms with E-state index in [4.69, 9.17) is 23.4 Å². The molecule has 3 aliphatic carbocycles. The molecule has 2 aliphatic heterocycles. The second kappa shape index (κ2) is 10.4. The van der Waals surface area contributed by atoms with E-state index >= 15 is 0 Å². The van der Waals surface area contributed by atoms with Crippen LogP contribution in [-0.2, 0) is 28.5 Å². The van der Waals surface area contributed by atoms with Crippen molar-refractivity contribution >= 4 is 18.0 Å². The Labute approximate surface area is 258 Å². The van der Waals surface area contributed by atoms with Crippen molar-refractivity contribution in [3.8, 4) is 0 Å². The Balaban J connectivity index is 1.34. The third-order valence-electron chi connectivity index (χ3n) is 12.2. The molecule has 8 nitrogen and oxygen atoms in total. The van der Waals surface area contributed by atoms with E-state index in [1.54, 1.807) is 18.6 Å². The van der Waals surface area contributed by atoms with E-state index in [-0.39, 0.29) is 54.9 Å². The van der Waals surface area contributed by atoms with Gasteiger partial charge in [-0.15, -0.1) is 0 Å². The van der Waals surface area contributed by atoms with Crippen molar-refractivity contribution in [1.82, 2.24) is 0 Å². The minimum absolute atomic E-state index is 0.131. The van der Waals surface area contributed by atoms with Gasteiger partial charge in [0.15, 0.2) is 0 Å². The Bertz CT molecular complexity index is 1500. The average molecular weight is 603 g/mol. The lowest BCUT2D eigenvalue weighted by molar-refractivity contribution is -0.248. The Hall–Kier alpha value is -3.20. The molecule has 11 atom stereocenters. The smallest absolute Gasteiger partial charge is 0.331 e. The topological polar surface area (TPSA) is 104 Å². The molecule has 0 spiro atoms. The van der Waals surface area contributed by atoms with Crippen molar-refractivity contribution in [2.45, 2.75) is 83.4 Å². The van der Waals surface area contributed by atoms with Gasteiger partial charge < -0.3 is 28.5 Å². The summed E-state index contributed by atoms with van der Waals surface area (Å²) in [4.78, 5) is 26.7. The molecule has 0 radical (unpaired) electrons. The van der Waals surface area contributed by atoms with E-state index < -0.39 is 34.4 Å². The monoisotopic (exact) mass is 602 g/mol. The first kappa shape index (κ1) is 29.5. The van der Waals surface area contributed by atoms with Crippen LogP contribution >= 0.6 is 0 Å². The van der Waals surface area contributed by atoms with Crippen LogP contribution in [0.4, 0.5) is 0 Å². The standard InChI is InChI=1S/C36H42O8/c1-20-23(22-13-14-41-18-22)15-24-30(20)36(4)25(16-29(39)40-5)35(3)27(44-28(38)12-11-21-9-7-6-8-10-21)17-26(37)34(2)19-42-31(32(34)35)33(36)43-24/h6-14,18,23-27,31-33,37H,15-17,19H2,1-5H3/t23-,24-,25-,26-,27+,31-,32+,33-,34-,35+,36-/m1/s1. The van der Waals surface area contributed by atoms with Crippen molar-refractivity contribution in [2.24, 2.45) is 28.1 Å². The zero-order valence-electron chi connectivity index (χ0n) is 26.0. The third kappa shape index (κ3) is 4.06. The zero-order chi connectivity index (χ0) is 31.0. The Morgan fingerprint density at radius 1 is 1.11 bits per heavy atom. The largest absolute Gasteiger partial charge is 0.472 e. The Morgan fingerprint density at radius 3 is 2.59 bits per heavy atom. The first-order valence-electron chi connectivity index (χ1n) is 15.7. The number of fused-ring (bicyclic) bond motifs is 4. The van der Waals surface area contributed by atoms with Gasteiger partial charge in [-0.1, -0.05) is 56.7 Å². The average Bonchev–Trinajstić information content (AvgIpc) is 3.79. The van der Waals surface area contributed by atoms with E-state index in [1.165, 1.54) is 24.3 Å². The fourth-order valence-corrected chi connectivity index (χ4v) is 10.2. The number of rotatable bonds is 6. The molecule has 1 aromatic heterocycles. The predicted octanol–water partition coefficient (Wildman–Crippen LogP) is 5.47. The molecule has 2 saturated heterocycles. The number of furan rings is 1. The number of carbonyl (C=O) groups is 2. The summed E-state index contributed by atoms with van der Waals surface area (Å²) in [6, 6.07) is 11.6. The normalized spacial score (nSPS) is 42.2. The number of allylic oxidation sites excluding steroid dienone is 1. The SMILES string of the molecule is COC(=O)C[C@H]1[C@]2(C)C3=C(C)[C@H](c4ccoc4)C[C@H]3O[C@@H]2[C@@H]2OC[C@]3(C)[C@H](O)C[C@H](OC(=O)C=Cc4ccccc4)[C@@]1(C)[C@@H]23.